The first-order valence-electron chi connectivity index (χ1n) is 5.25. The van der Waals surface area contributed by atoms with Crippen molar-refractivity contribution in [2.24, 2.45) is 0 Å². The van der Waals surface area contributed by atoms with Crippen LogP contribution in [0.3, 0.4) is 0 Å². The molecule has 2 aliphatic heterocycles. The summed E-state index contributed by atoms with van der Waals surface area (Å²) in [5.74, 6) is 0. The van der Waals surface area contributed by atoms with E-state index in [9.17, 15) is 0 Å². The third-order valence-electron chi connectivity index (χ3n) is 3.21. The van der Waals surface area contributed by atoms with Gasteiger partial charge in [0.05, 0.1) is 6.61 Å². The molecule has 13 heavy (non-hydrogen) atoms. The summed E-state index contributed by atoms with van der Waals surface area (Å²) >= 11 is 0. The summed E-state index contributed by atoms with van der Waals surface area (Å²) in [4.78, 5) is 2.61. The van der Waals surface area contributed by atoms with Crippen molar-refractivity contribution < 1.29 is 4.74 Å². The highest BCUT2D eigenvalue weighted by molar-refractivity contribution is 4.93. The number of nitrogens with zero attached hydrogens (tertiary/aromatic N) is 1. The van der Waals surface area contributed by atoms with Gasteiger partial charge in [-0.15, -0.1) is 0 Å². The lowest BCUT2D eigenvalue weighted by atomic mass is 9.97. The Morgan fingerprint density at radius 1 is 1.46 bits per heavy atom. The standard InChI is InChI=1S/C10H20N2O/c1-10(2)8-11-4-5-12(10)9-3-6-13-7-9/h9,11H,3-8H2,1-2H3. The summed E-state index contributed by atoms with van der Waals surface area (Å²) in [5, 5.41) is 3.45. The molecule has 2 fully saturated rings. The SMILES string of the molecule is CC1(C)CNCCN1C1CCOC1. The fraction of sp³-hybridized carbons (Fsp3) is 1.00. The summed E-state index contributed by atoms with van der Waals surface area (Å²) in [7, 11) is 0. The van der Waals surface area contributed by atoms with Gasteiger partial charge in [-0.25, -0.2) is 0 Å². The zero-order valence-electron chi connectivity index (χ0n) is 8.68. The molecular formula is C10H20N2O. The topological polar surface area (TPSA) is 24.5 Å². The molecule has 3 heteroatoms. The Balaban J connectivity index is 2.02. The molecule has 0 aliphatic carbocycles. The van der Waals surface area contributed by atoms with Crippen molar-refractivity contribution in [3.63, 3.8) is 0 Å². The van der Waals surface area contributed by atoms with Crippen LogP contribution in [0.1, 0.15) is 20.3 Å². The van der Waals surface area contributed by atoms with Gasteiger partial charge in [0.1, 0.15) is 0 Å². The van der Waals surface area contributed by atoms with Gasteiger partial charge in [-0.3, -0.25) is 4.90 Å². The number of nitrogens with one attached hydrogen (secondary N) is 1. The second-order valence-electron chi connectivity index (χ2n) is 4.70. The molecule has 0 radical (unpaired) electrons. The van der Waals surface area contributed by atoms with Crippen LogP contribution in [0.2, 0.25) is 0 Å². The molecule has 0 aromatic carbocycles. The third-order valence-corrected chi connectivity index (χ3v) is 3.21. The number of hydrogen-bond acceptors (Lipinski definition) is 3. The van der Waals surface area contributed by atoms with E-state index in [1.54, 1.807) is 0 Å². The zero-order valence-corrected chi connectivity index (χ0v) is 8.68. The lowest BCUT2D eigenvalue weighted by Crippen LogP contribution is -2.61. The van der Waals surface area contributed by atoms with Crippen molar-refractivity contribution in [3.8, 4) is 0 Å². The highest BCUT2D eigenvalue weighted by atomic mass is 16.5. The lowest BCUT2D eigenvalue weighted by molar-refractivity contribution is 0.0382. The van der Waals surface area contributed by atoms with Crippen LogP contribution in [-0.2, 0) is 4.74 Å². The number of piperazine rings is 1. The van der Waals surface area contributed by atoms with Crippen molar-refractivity contribution in [1.82, 2.24) is 10.2 Å². The van der Waals surface area contributed by atoms with Gasteiger partial charge in [0.25, 0.3) is 0 Å². The van der Waals surface area contributed by atoms with Crippen molar-refractivity contribution in [1.29, 1.82) is 0 Å². The Morgan fingerprint density at radius 2 is 2.31 bits per heavy atom. The predicted molar refractivity (Wildman–Crippen MR) is 52.9 cm³/mol. The third kappa shape index (κ3) is 1.87. The maximum Gasteiger partial charge on any atom is 0.0622 e. The van der Waals surface area contributed by atoms with Gasteiger partial charge in [-0.2, -0.15) is 0 Å². The summed E-state index contributed by atoms with van der Waals surface area (Å²) in [5.41, 5.74) is 0.302. The summed E-state index contributed by atoms with van der Waals surface area (Å²) in [6.07, 6.45) is 1.21. The fourth-order valence-corrected chi connectivity index (χ4v) is 2.44. The fourth-order valence-electron chi connectivity index (χ4n) is 2.44. The maximum absolute atomic E-state index is 5.44. The molecule has 0 saturated carbocycles. The summed E-state index contributed by atoms with van der Waals surface area (Å²) in [6.45, 7) is 9.91. The van der Waals surface area contributed by atoms with Crippen LogP contribution in [0.5, 0.6) is 0 Å². The molecule has 3 nitrogen and oxygen atoms in total. The molecule has 0 aromatic heterocycles. The molecule has 1 N–H and O–H groups in total. The van der Waals surface area contributed by atoms with Crippen LogP contribution >= 0.6 is 0 Å². The van der Waals surface area contributed by atoms with Gasteiger partial charge in [0, 0.05) is 37.8 Å². The second-order valence-corrected chi connectivity index (χ2v) is 4.70. The minimum absolute atomic E-state index is 0.302. The first kappa shape index (κ1) is 9.44. The van der Waals surface area contributed by atoms with E-state index < -0.39 is 0 Å². The molecule has 0 aromatic rings. The van der Waals surface area contributed by atoms with E-state index >= 15 is 0 Å². The molecule has 2 heterocycles. The Labute approximate surface area is 80.4 Å². The molecule has 2 saturated heterocycles. The normalized spacial score (nSPS) is 35.1. The number of ether oxygens (including phenoxy) is 1. The Bertz CT molecular complexity index is 176. The molecule has 2 aliphatic rings. The highest BCUT2D eigenvalue weighted by Gasteiger charge is 2.36. The minimum Gasteiger partial charge on any atom is -0.380 e. The van der Waals surface area contributed by atoms with E-state index in [4.69, 9.17) is 4.74 Å². The predicted octanol–water partition coefficient (Wildman–Crippen LogP) is 0.459. The minimum atomic E-state index is 0.302. The van der Waals surface area contributed by atoms with E-state index in [0.717, 1.165) is 26.3 Å². The highest BCUT2D eigenvalue weighted by Crippen LogP contribution is 2.23. The Hall–Kier alpha value is -0.120. The molecule has 2 rings (SSSR count). The molecule has 1 unspecified atom stereocenters. The van der Waals surface area contributed by atoms with E-state index in [0.29, 0.717) is 11.6 Å². The van der Waals surface area contributed by atoms with Crippen molar-refractivity contribution >= 4 is 0 Å². The van der Waals surface area contributed by atoms with Gasteiger partial charge in [-0.05, 0) is 20.3 Å². The Kier molecular flexibility index (Phi) is 2.58. The van der Waals surface area contributed by atoms with Gasteiger partial charge >= 0.3 is 0 Å². The van der Waals surface area contributed by atoms with Crippen molar-refractivity contribution in [2.75, 3.05) is 32.8 Å². The van der Waals surface area contributed by atoms with Crippen LogP contribution in [0, 0.1) is 0 Å². The van der Waals surface area contributed by atoms with Gasteiger partial charge in [0.2, 0.25) is 0 Å². The van der Waals surface area contributed by atoms with E-state index in [1.165, 1.54) is 13.0 Å². The summed E-state index contributed by atoms with van der Waals surface area (Å²) in [6, 6.07) is 0.664. The van der Waals surface area contributed by atoms with Crippen LogP contribution in [0.25, 0.3) is 0 Å². The summed E-state index contributed by atoms with van der Waals surface area (Å²) < 4.78 is 5.44. The van der Waals surface area contributed by atoms with E-state index in [-0.39, 0.29) is 0 Å². The maximum atomic E-state index is 5.44. The van der Waals surface area contributed by atoms with Crippen molar-refractivity contribution in [2.45, 2.75) is 31.8 Å². The lowest BCUT2D eigenvalue weighted by Gasteiger charge is -2.45. The van der Waals surface area contributed by atoms with Crippen LogP contribution in [0.15, 0.2) is 0 Å². The van der Waals surface area contributed by atoms with Gasteiger partial charge in [0.15, 0.2) is 0 Å². The van der Waals surface area contributed by atoms with E-state index in [2.05, 4.69) is 24.1 Å². The molecule has 0 amide bonds. The molecular weight excluding hydrogens is 164 g/mol. The number of hydrogen-bond donors (Lipinski definition) is 1. The number of rotatable bonds is 1. The van der Waals surface area contributed by atoms with Crippen LogP contribution in [0.4, 0.5) is 0 Å². The quantitative estimate of drug-likeness (QED) is 0.641. The molecule has 76 valence electrons. The smallest absolute Gasteiger partial charge is 0.0622 e. The first-order valence-corrected chi connectivity index (χ1v) is 5.25. The zero-order chi connectivity index (χ0) is 9.31. The average Bonchev–Trinajstić information content (AvgIpc) is 2.55. The van der Waals surface area contributed by atoms with Crippen molar-refractivity contribution in [3.05, 3.63) is 0 Å². The molecule has 0 spiro atoms. The first-order chi connectivity index (χ1) is 6.20. The average molecular weight is 184 g/mol. The Morgan fingerprint density at radius 3 is 2.92 bits per heavy atom. The van der Waals surface area contributed by atoms with Gasteiger partial charge in [-0.1, -0.05) is 0 Å². The van der Waals surface area contributed by atoms with E-state index in [1.807, 2.05) is 0 Å². The van der Waals surface area contributed by atoms with Crippen LogP contribution in [-0.4, -0.2) is 49.3 Å². The largest absolute Gasteiger partial charge is 0.380 e. The second kappa shape index (κ2) is 3.56. The molecule has 1 atom stereocenters. The van der Waals surface area contributed by atoms with Crippen LogP contribution < -0.4 is 5.32 Å². The monoisotopic (exact) mass is 184 g/mol. The molecule has 0 bridgehead atoms. The van der Waals surface area contributed by atoms with Gasteiger partial charge < -0.3 is 10.1 Å².